The van der Waals surface area contributed by atoms with Crippen LogP contribution in [0.3, 0.4) is 0 Å². The summed E-state index contributed by atoms with van der Waals surface area (Å²) in [5.74, 6) is 0.539. The van der Waals surface area contributed by atoms with Crippen LogP contribution in [-0.2, 0) is 13.6 Å². The van der Waals surface area contributed by atoms with E-state index >= 15 is 0 Å². The average molecular weight is 400 g/mol. The Morgan fingerprint density at radius 2 is 2.07 bits per heavy atom. The molecule has 0 atom stereocenters. The number of hydrogen-bond acceptors (Lipinski definition) is 5. The van der Waals surface area contributed by atoms with E-state index in [1.54, 1.807) is 23.0 Å². The largest absolute Gasteiger partial charge is 0.505 e. The molecule has 3 N–H and O–H groups in total. The van der Waals surface area contributed by atoms with E-state index in [2.05, 4.69) is 20.1 Å². The van der Waals surface area contributed by atoms with Crippen LogP contribution in [0.15, 0.2) is 47.4 Å². The van der Waals surface area contributed by atoms with Crippen LogP contribution in [-0.4, -0.2) is 26.6 Å². The molecule has 0 amide bonds. The summed E-state index contributed by atoms with van der Waals surface area (Å²) < 4.78 is 7.38. The molecule has 0 aliphatic rings. The number of aryl methyl sites for hydroxylation is 1. The number of aromatic nitrogens is 4. The van der Waals surface area contributed by atoms with Gasteiger partial charge in [0.05, 0.1) is 36.1 Å². The fourth-order valence-electron chi connectivity index (χ4n) is 3.61. The second kappa shape index (κ2) is 7.81. The van der Waals surface area contributed by atoms with Crippen LogP contribution >= 0.6 is 0 Å². The summed E-state index contributed by atoms with van der Waals surface area (Å²) in [6.45, 7) is 10.2. The van der Waals surface area contributed by atoms with E-state index in [1.165, 1.54) is 0 Å². The molecule has 4 rings (SSSR count). The van der Waals surface area contributed by atoms with E-state index in [0.29, 0.717) is 34.5 Å². The van der Waals surface area contributed by atoms with E-state index in [0.717, 1.165) is 22.4 Å². The topological polar surface area (TPSA) is 103 Å². The van der Waals surface area contributed by atoms with Gasteiger partial charge in [0.15, 0.2) is 0 Å². The quantitative estimate of drug-likeness (QED) is 0.500. The number of nitrogens with one attached hydrogen (secondary N) is 1. The first-order valence-electron chi connectivity index (χ1n) is 9.46. The Balaban J connectivity index is 1.96. The van der Waals surface area contributed by atoms with E-state index in [1.807, 2.05) is 38.2 Å². The third kappa shape index (κ3) is 3.11. The SMILES string of the molecule is [C-]#[N+]c1c(OCC)cccc1-c1c(-c2ccc3c(=O)[nH]nc(CN)c3c2)cnn1C. The number of fused-ring (bicyclic) bond motifs is 1. The third-order valence-electron chi connectivity index (χ3n) is 4.98. The minimum atomic E-state index is -0.264. The number of hydrogen-bond donors (Lipinski definition) is 2. The lowest BCUT2D eigenvalue weighted by Crippen LogP contribution is -2.13. The lowest BCUT2D eigenvalue weighted by molar-refractivity contribution is 0.342. The van der Waals surface area contributed by atoms with E-state index in [-0.39, 0.29) is 12.1 Å². The Bertz CT molecular complexity index is 1350. The zero-order valence-corrected chi connectivity index (χ0v) is 16.6. The van der Waals surface area contributed by atoms with Gasteiger partial charge in [-0.2, -0.15) is 10.2 Å². The Labute approximate surface area is 172 Å². The molecule has 2 aromatic heterocycles. The van der Waals surface area contributed by atoms with Crippen molar-refractivity contribution >= 4 is 16.5 Å². The molecule has 150 valence electrons. The zero-order chi connectivity index (χ0) is 21.3. The van der Waals surface area contributed by atoms with E-state index < -0.39 is 0 Å². The molecule has 8 heteroatoms. The Morgan fingerprint density at radius 1 is 1.23 bits per heavy atom. The number of aromatic amines is 1. The molecule has 0 spiro atoms. The lowest BCUT2D eigenvalue weighted by atomic mass is 9.97. The monoisotopic (exact) mass is 400 g/mol. The third-order valence-corrected chi connectivity index (χ3v) is 4.98. The maximum atomic E-state index is 12.1. The molecule has 4 aromatic rings. The van der Waals surface area contributed by atoms with Crippen molar-refractivity contribution in [3.63, 3.8) is 0 Å². The summed E-state index contributed by atoms with van der Waals surface area (Å²) in [7, 11) is 1.83. The van der Waals surface area contributed by atoms with Gasteiger partial charge in [-0.25, -0.2) is 9.94 Å². The van der Waals surface area contributed by atoms with Gasteiger partial charge in [-0.15, -0.1) is 0 Å². The second-order valence-electron chi connectivity index (χ2n) is 6.69. The van der Waals surface area contributed by atoms with Crippen LogP contribution < -0.4 is 16.0 Å². The first-order valence-corrected chi connectivity index (χ1v) is 9.46. The summed E-state index contributed by atoms with van der Waals surface area (Å²) >= 11 is 0. The standard InChI is InChI=1S/C22H20N6O2/c1-4-30-19-7-5-6-15(20(19)24-2)21-17(12-25-28(21)3)13-8-9-14-16(10-13)18(11-23)26-27-22(14)29/h5-10,12H,4,11,23H2,1,3H3,(H,27,29). The van der Waals surface area contributed by atoms with Crippen molar-refractivity contribution in [1.29, 1.82) is 0 Å². The molecule has 2 aromatic carbocycles. The Morgan fingerprint density at radius 3 is 2.80 bits per heavy atom. The number of para-hydroxylation sites is 1. The first-order chi connectivity index (χ1) is 14.6. The number of nitrogens with zero attached hydrogens (tertiary/aromatic N) is 4. The number of H-pyrrole nitrogens is 1. The predicted octanol–water partition coefficient (Wildman–Crippen LogP) is 3.40. The van der Waals surface area contributed by atoms with Crippen molar-refractivity contribution in [2.24, 2.45) is 12.8 Å². The normalized spacial score (nSPS) is 10.9. The lowest BCUT2D eigenvalue weighted by Gasteiger charge is -2.13. The predicted molar refractivity (Wildman–Crippen MR) is 115 cm³/mol. The minimum absolute atomic E-state index is 0.203. The van der Waals surface area contributed by atoms with Crippen molar-refractivity contribution in [2.75, 3.05) is 6.61 Å². The highest BCUT2D eigenvalue weighted by molar-refractivity contribution is 5.94. The molecular formula is C22H20N6O2. The number of nitrogens with two attached hydrogens (primary N) is 1. The van der Waals surface area contributed by atoms with Crippen LogP contribution in [0.25, 0.3) is 38.0 Å². The average Bonchev–Trinajstić information content (AvgIpc) is 3.15. The number of rotatable bonds is 5. The summed E-state index contributed by atoms with van der Waals surface area (Å²) in [4.78, 5) is 15.9. The summed E-state index contributed by atoms with van der Waals surface area (Å²) in [5, 5.41) is 12.2. The molecule has 2 heterocycles. The molecule has 0 aliphatic carbocycles. The van der Waals surface area contributed by atoms with Gasteiger partial charge in [-0.05, 0) is 30.7 Å². The highest BCUT2D eigenvalue weighted by atomic mass is 16.5. The molecule has 30 heavy (non-hydrogen) atoms. The molecule has 0 saturated heterocycles. The van der Waals surface area contributed by atoms with Gasteiger partial charge < -0.3 is 10.5 Å². The highest BCUT2D eigenvalue weighted by Crippen LogP contribution is 2.42. The van der Waals surface area contributed by atoms with Crippen molar-refractivity contribution in [1.82, 2.24) is 20.0 Å². The molecule has 0 saturated carbocycles. The van der Waals surface area contributed by atoms with Crippen LogP contribution in [0.4, 0.5) is 5.69 Å². The van der Waals surface area contributed by atoms with Crippen LogP contribution in [0, 0.1) is 6.57 Å². The van der Waals surface area contributed by atoms with Gasteiger partial charge in [-0.3, -0.25) is 9.48 Å². The number of benzene rings is 2. The molecular weight excluding hydrogens is 380 g/mol. The maximum Gasteiger partial charge on any atom is 0.272 e. The van der Waals surface area contributed by atoms with E-state index in [4.69, 9.17) is 17.0 Å². The maximum absolute atomic E-state index is 12.1. The van der Waals surface area contributed by atoms with E-state index in [9.17, 15) is 4.79 Å². The van der Waals surface area contributed by atoms with Gasteiger partial charge in [0, 0.05) is 30.1 Å². The van der Waals surface area contributed by atoms with Crippen LogP contribution in [0.5, 0.6) is 5.75 Å². The van der Waals surface area contributed by atoms with Gasteiger partial charge in [0.1, 0.15) is 5.75 Å². The minimum Gasteiger partial charge on any atom is -0.505 e. The van der Waals surface area contributed by atoms with Crippen molar-refractivity contribution in [3.05, 3.63) is 70.1 Å². The summed E-state index contributed by atoms with van der Waals surface area (Å²) in [5.41, 5.74) is 9.80. The van der Waals surface area contributed by atoms with Crippen molar-refractivity contribution in [2.45, 2.75) is 13.5 Å². The molecule has 0 unspecified atom stereocenters. The van der Waals surface area contributed by atoms with Crippen LogP contribution in [0.2, 0.25) is 0 Å². The van der Waals surface area contributed by atoms with Gasteiger partial charge in [0.2, 0.25) is 5.69 Å². The first kappa shape index (κ1) is 19.4. The van der Waals surface area contributed by atoms with Gasteiger partial charge in [0.25, 0.3) is 5.56 Å². The molecule has 0 aliphatic heterocycles. The molecule has 0 radical (unpaired) electrons. The van der Waals surface area contributed by atoms with Crippen molar-refractivity contribution in [3.8, 4) is 28.1 Å². The van der Waals surface area contributed by atoms with Gasteiger partial charge in [-0.1, -0.05) is 18.2 Å². The summed E-state index contributed by atoms with van der Waals surface area (Å²) in [6.07, 6.45) is 1.75. The zero-order valence-electron chi connectivity index (χ0n) is 16.6. The second-order valence-corrected chi connectivity index (χ2v) is 6.69. The van der Waals surface area contributed by atoms with Gasteiger partial charge >= 0.3 is 0 Å². The smallest absolute Gasteiger partial charge is 0.272 e. The Hall–Kier alpha value is -3.96. The summed E-state index contributed by atoms with van der Waals surface area (Å²) in [6, 6.07) is 11.1. The highest BCUT2D eigenvalue weighted by Gasteiger charge is 2.19. The Kier molecular flexibility index (Phi) is 5.04. The molecule has 0 bridgehead atoms. The molecule has 0 fully saturated rings. The van der Waals surface area contributed by atoms with Crippen molar-refractivity contribution < 1.29 is 4.74 Å². The van der Waals surface area contributed by atoms with Crippen LogP contribution in [0.1, 0.15) is 12.6 Å². The number of ether oxygens (including phenoxy) is 1. The fourth-order valence-corrected chi connectivity index (χ4v) is 3.61. The fraction of sp³-hybridized carbons (Fsp3) is 0.182. The molecule has 8 nitrogen and oxygen atoms in total.